The average Bonchev–Trinajstić information content (AvgIpc) is 2.48. The van der Waals surface area contributed by atoms with Gasteiger partial charge in [0.25, 0.3) is 0 Å². The van der Waals surface area contributed by atoms with E-state index >= 15 is 0 Å². The predicted molar refractivity (Wildman–Crippen MR) is 98.8 cm³/mol. The summed E-state index contributed by atoms with van der Waals surface area (Å²) in [6.07, 6.45) is 4.21. The van der Waals surface area contributed by atoms with Crippen molar-refractivity contribution in [3.05, 3.63) is 23.8 Å². The topological polar surface area (TPSA) is 53.3 Å². The quantitative estimate of drug-likeness (QED) is 0.482. The second-order valence-corrected chi connectivity index (χ2v) is 7.04. The van der Waals surface area contributed by atoms with Crippen LogP contribution in [0.25, 0.3) is 0 Å². The lowest BCUT2D eigenvalue weighted by atomic mass is 10.1. The zero-order valence-electron chi connectivity index (χ0n) is 15.9. The van der Waals surface area contributed by atoms with Gasteiger partial charge >= 0.3 is 0 Å². The lowest BCUT2D eigenvalue weighted by molar-refractivity contribution is 0.254. The molecule has 4 nitrogen and oxygen atoms in total. The first-order valence-electron chi connectivity index (χ1n) is 8.71. The van der Waals surface area contributed by atoms with Crippen LogP contribution in [0.5, 0.6) is 0 Å². The van der Waals surface area contributed by atoms with Gasteiger partial charge in [-0.3, -0.25) is 0 Å². The zero-order chi connectivity index (χ0) is 17.9. The molecule has 0 aromatic carbocycles. The van der Waals surface area contributed by atoms with Crippen LogP contribution in [0.1, 0.15) is 48.0 Å². The van der Waals surface area contributed by atoms with Gasteiger partial charge in [-0.25, -0.2) is 4.39 Å². The maximum atomic E-state index is 13.5. The lowest BCUT2D eigenvalue weighted by Gasteiger charge is -2.29. The first-order chi connectivity index (χ1) is 10.7. The van der Waals surface area contributed by atoms with Crippen molar-refractivity contribution in [2.45, 2.75) is 53.5 Å². The molecule has 0 amide bonds. The van der Waals surface area contributed by atoms with Crippen molar-refractivity contribution < 1.29 is 4.39 Å². The fraction of sp³-hybridized carbons (Fsp3) is 0.778. The smallest absolute Gasteiger partial charge is 0.162 e. The molecule has 0 aliphatic rings. The number of halogens is 1. The molecule has 136 valence electrons. The number of hydrogen-bond donors (Lipinski definition) is 3. The van der Waals surface area contributed by atoms with Crippen LogP contribution in [0, 0.1) is 5.92 Å². The molecule has 0 aliphatic heterocycles. The standard InChI is InChI=1S/C18H37FN4/c1-7-9-16(19)17(20)21-14-18(5,6)22-11-13-23(8-2)12-10-15(3)4/h7,9,15,21-22H,8,10-14,20H2,1-6H3/b9-7-,17-16-. The minimum Gasteiger partial charge on any atom is -0.383 e. The van der Waals surface area contributed by atoms with E-state index in [0.29, 0.717) is 6.54 Å². The van der Waals surface area contributed by atoms with Crippen molar-refractivity contribution >= 4 is 0 Å². The summed E-state index contributed by atoms with van der Waals surface area (Å²) in [7, 11) is 0. The summed E-state index contributed by atoms with van der Waals surface area (Å²) in [6, 6.07) is 0. The zero-order valence-corrected chi connectivity index (χ0v) is 15.9. The fourth-order valence-corrected chi connectivity index (χ4v) is 2.12. The highest BCUT2D eigenvalue weighted by Gasteiger charge is 2.17. The number of rotatable bonds is 12. The predicted octanol–water partition coefficient (Wildman–Crippen LogP) is 2.99. The van der Waals surface area contributed by atoms with Gasteiger partial charge in [0.1, 0.15) is 5.82 Å². The number of hydrogen-bond acceptors (Lipinski definition) is 4. The molecule has 5 heteroatoms. The second kappa shape index (κ2) is 11.5. The van der Waals surface area contributed by atoms with Crippen LogP contribution in [-0.2, 0) is 0 Å². The third-order valence-electron chi connectivity index (χ3n) is 3.79. The summed E-state index contributed by atoms with van der Waals surface area (Å²) < 4.78 is 13.5. The third kappa shape index (κ3) is 11.2. The summed E-state index contributed by atoms with van der Waals surface area (Å²) in [6.45, 7) is 17.3. The van der Waals surface area contributed by atoms with E-state index in [1.165, 1.54) is 12.5 Å². The Morgan fingerprint density at radius 2 is 1.96 bits per heavy atom. The fourth-order valence-electron chi connectivity index (χ4n) is 2.12. The molecule has 0 aromatic heterocycles. The highest BCUT2D eigenvalue weighted by Crippen LogP contribution is 2.05. The number of nitrogens with zero attached hydrogens (tertiary/aromatic N) is 1. The van der Waals surface area contributed by atoms with E-state index in [0.717, 1.165) is 32.1 Å². The Kier molecular flexibility index (Phi) is 10.9. The average molecular weight is 329 g/mol. The molecule has 0 heterocycles. The SMILES string of the molecule is C/C=C\C(F)=C(/N)NCC(C)(C)NCCN(CC)CCC(C)C. The van der Waals surface area contributed by atoms with Gasteiger partial charge in [-0.1, -0.05) is 26.8 Å². The molecule has 4 N–H and O–H groups in total. The molecule has 0 unspecified atom stereocenters. The van der Waals surface area contributed by atoms with E-state index in [2.05, 4.69) is 50.2 Å². The van der Waals surface area contributed by atoms with Crippen molar-refractivity contribution in [3.63, 3.8) is 0 Å². The molecule has 23 heavy (non-hydrogen) atoms. The minimum absolute atomic E-state index is 0.0880. The summed E-state index contributed by atoms with van der Waals surface area (Å²) >= 11 is 0. The number of allylic oxidation sites excluding steroid dienone is 3. The highest BCUT2D eigenvalue weighted by molar-refractivity contribution is 5.15. The van der Waals surface area contributed by atoms with E-state index in [1.54, 1.807) is 13.0 Å². The molecular formula is C18H37FN4. The van der Waals surface area contributed by atoms with Crippen molar-refractivity contribution in [1.82, 2.24) is 15.5 Å². The van der Waals surface area contributed by atoms with Gasteiger partial charge in [-0.05, 0) is 52.3 Å². The number of likely N-dealkylation sites (N-methyl/N-ethyl adjacent to an activating group) is 1. The Morgan fingerprint density at radius 3 is 2.48 bits per heavy atom. The van der Waals surface area contributed by atoms with Crippen LogP contribution in [0.2, 0.25) is 0 Å². The van der Waals surface area contributed by atoms with Gasteiger partial charge < -0.3 is 21.3 Å². The van der Waals surface area contributed by atoms with Crippen LogP contribution in [-0.4, -0.2) is 43.2 Å². The molecular weight excluding hydrogens is 291 g/mol. The van der Waals surface area contributed by atoms with E-state index in [1.807, 2.05) is 0 Å². The lowest BCUT2D eigenvalue weighted by Crippen LogP contribution is -2.50. The Bertz CT molecular complexity index is 375. The van der Waals surface area contributed by atoms with Gasteiger partial charge in [0.2, 0.25) is 0 Å². The Balaban J connectivity index is 4.19. The third-order valence-corrected chi connectivity index (χ3v) is 3.79. The van der Waals surface area contributed by atoms with E-state index in [-0.39, 0.29) is 11.4 Å². The Morgan fingerprint density at radius 1 is 1.30 bits per heavy atom. The van der Waals surface area contributed by atoms with Crippen molar-refractivity contribution in [2.75, 3.05) is 32.7 Å². The number of nitrogens with two attached hydrogens (primary N) is 1. The maximum absolute atomic E-state index is 13.5. The van der Waals surface area contributed by atoms with Crippen molar-refractivity contribution in [1.29, 1.82) is 0 Å². The molecule has 0 saturated carbocycles. The van der Waals surface area contributed by atoms with Crippen molar-refractivity contribution in [2.24, 2.45) is 11.7 Å². The summed E-state index contributed by atoms with van der Waals surface area (Å²) in [5, 5.41) is 6.47. The first-order valence-corrected chi connectivity index (χ1v) is 8.71. The van der Waals surface area contributed by atoms with E-state index in [4.69, 9.17) is 5.73 Å². The molecule has 0 aromatic rings. The van der Waals surface area contributed by atoms with E-state index in [9.17, 15) is 4.39 Å². The first kappa shape index (κ1) is 21.9. The molecule has 0 spiro atoms. The molecule has 0 saturated heterocycles. The molecule has 0 rings (SSSR count). The van der Waals surface area contributed by atoms with Crippen LogP contribution in [0.3, 0.4) is 0 Å². The highest BCUT2D eigenvalue weighted by atomic mass is 19.1. The Hall–Kier alpha value is -1.07. The van der Waals surface area contributed by atoms with Crippen LogP contribution in [0.15, 0.2) is 23.8 Å². The monoisotopic (exact) mass is 328 g/mol. The van der Waals surface area contributed by atoms with Gasteiger partial charge in [0, 0.05) is 25.2 Å². The largest absolute Gasteiger partial charge is 0.383 e. The molecule has 0 fully saturated rings. The van der Waals surface area contributed by atoms with Gasteiger partial charge in [0.05, 0.1) is 0 Å². The van der Waals surface area contributed by atoms with Crippen molar-refractivity contribution in [3.8, 4) is 0 Å². The number of nitrogens with one attached hydrogen (secondary N) is 2. The summed E-state index contributed by atoms with van der Waals surface area (Å²) in [5.41, 5.74) is 5.53. The van der Waals surface area contributed by atoms with Gasteiger partial charge in [0.15, 0.2) is 5.83 Å². The maximum Gasteiger partial charge on any atom is 0.162 e. The summed E-state index contributed by atoms with van der Waals surface area (Å²) in [5.74, 6) is 0.402. The van der Waals surface area contributed by atoms with Crippen LogP contribution in [0.4, 0.5) is 4.39 Å². The van der Waals surface area contributed by atoms with Crippen LogP contribution < -0.4 is 16.4 Å². The van der Waals surface area contributed by atoms with E-state index < -0.39 is 5.83 Å². The minimum atomic E-state index is -0.422. The summed E-state index contributed by atoms with van der Waals surface area (Å²) in [4.78, 5) is 2.45. The molecule has 0 atom stereocenters. The molecule has 0 aliphatic carbocycles. The van der Waals surface area contributed by atoms with Gasteiger partial charge in [-0.15, -0.1) is 0 Å². The molecule has 0 bridgehead atoms. The van der Waals surface area contributed by atoms with Crippen LogP contribution >= 0.6 is 0 Å². The van der Waals surface area contributed by atoms with Gasteiger partial charge in [-0.2, -0.15) is 0 Å². The Labute approximate surface area is 142 Å². The second-order valence-electron chi connectivity index (χ2n) is 7.04. The normalized spacial score (nSPS) is 14.0. The molecule has 0 radical (unpaired) electrons.